The quantitative estimate of drug-likeness (QED) is 0.626. The van der Waals surface area contributed by atoms with E-state index in [1.54, 1.807) is 0 Å². The molecule has 1 nitrogen and oxygen atoms in total. The van der Waals surface area contributed by atoms with Gasteiger partial charge in [-0.25, -0.2) is 0 Å². The van der Waals surface area contributed by atoms with Crippen molar-refractivity contribution in [3.63, 3.8) is 0 Å². The van der Waals surface area contributed by atoms with E-state index in [2.05, 4.69) is 13.8 Å². The molecule has 1 heteroatoms. The Morgan fingerprint density at radius 2 is 1.62 bits per heavy atom. The Labute approximate surface area is 83.5 Å². The second-order valence-electron chi connectivity index (χ2n) is 4.02. The van der Waals surface area contributed by atoms with E-state index >= 15 is 0 Å². The zero-order valence-electron chi connectivity index (χ0n) is 9.39. The Bertz CT molecular complexity index is 85.1. The SMILES string of the molecule is CCCCCC1CC1.CCCCO. The Balaban J connectivity index is 0.000000252. The molecule has 0 bridgehead atoms. The molecule has 1 aliphatic rings. The van der Waals surface area contributed by atoms with Crippen LogP contribution in [0.4, 0.5) is 0 Å². The fraction of sp³-hybridized carbons (Fsp3) is 1.00. The Kier molecular flexibility index (Phi) is 10.0. The lowest BCUT2D eigenvalue weighted by Gasteiger charge is -1.92. The van der Waals surface area contributed by atoms with Gasteiger partial charge in [0, 0.05) is 6.61 Å². The van der Waals surface area contributed by atoms with Crippen LogP contribution in [0.25, 0.3) is 0 Å². The molecular weight excluding hydrogens is 160 g/mol. The fourth-order valence-corrected chi connectivity index (χ4v) is 1.25. The molecule has 1 N–H and O–H groups in total. The zero-order chi connectivity index (χ0) is 9.94. The smallest absolute Gasteiger partial charge is 0.0430 e. The molecule has 0 saturated heterocycles. The van der Waals surface area contributed by atoms with Crippen molar-refractivity contribution >= 4 is 0 Å². The van der Waals surface area contributed by atoms with E-state index in [9.17, 15) is 0 Å². The third kappa shape index (κ3) is 12.0. The van der Waals surface area contributed by atoms with Gasteiger partial charge in [-0.2, -0.15) is 0 Å². The van der Waals surface area contributed by atoms with Crippen LogP contribution in [0.2, 0.25) is 0 Å². The normalized spacial score (nSPS) is 15.0. The number of aliphatic hydroxyl groups is 1. The summed E-state index contributed by atoms with van der Waals surface area (Å²) in [6.07, 6.45) is 10.9. The number of rotatable bonds is 6. The van der Waals surface area contributed by atoms with Crippen LogP contribution in [-0.2, 0) is 0 Å². The summed E-state index contributed by atoms with van der Waals surface area (Å²) in [5, 5.41) is 8.07. The van der Waals surface area contributed by atoms with Gasteiger partial charge in [0.05, 0.1) is 0 Å². The van der Waals surface area contributed by atoms with Crippen LogP contribution < -0.4 is 0 Å². The van der Waals surface area contributed by atoms with Crippen LogP contribution in [0.1, 0.15) is 65.2 Å². The third-order valence-corrected chi connectivity index (χ3v) is 2.42. The molecule has 0 radical (unpaired) electrons. The van der Waals surface area contributed by atoms with Crippen LogP contribution in [0.5, 0.6) is 0 Å². The van der Waals surface area contributed by atoms with E-state index in [4.69, 9.17) is 5.11 Å². The minimum Gasteiger partial charge on any atom is -0.396 e. The topological polar surface area (TPSA) is 20.2 Å². The number of aliphatic hydroxyl groups excluding tert-OH is 1. The van der Waals surface area contributed by atoms with Gasteiger partial charge in [-0.15, -0.1) is 0 Å². The molecule has 0 amide bonds. The van der Waals surface area contributed by atoms with Crippen LogP contribution in [0.15, 0.2) is 0 Å². The average molecular weight is 186 g/mol. The summed E-state index contributed by atoms with van der Waals surface area (Å²) in [6.45, 7) is 4.67. The van der Waals surface area contributed by atoms with E-state index < -0.39 is 0 Å². The van der Waals surface area contributed by atoms with Gasteiger partial charge in [0.2, 0.25) is 0 Å². The molecule has 13 heavy (non-hydrogen) atoms. The van der Waals surface area contributed by atoms with Crippen molar-refractivity contribution in [1.29, 1.82) is 0 Å². The largest absolute Gasteiger partial charge is 0.396 e. The summed E-state index contributed by atoms with van der Waals surface area (Å²) in [4.78, 5) is 0. The van der Waals surface area contributed by atoms with Crippen molar-refractivity contribution in [2.24, 2.45) is 5.92 Å². The van der Waals surface area contributed by atoms with Gasteiger partial charge in [0.15, 0.2) is 0 Å². The van der Waals surface area contributed by atoms with Crippen LogP contribution in [0.3, 0.4) is 0 Å². The molecule has 0 atom stereocenters. The summed E-state index contributed by atoms with van der Waals surface area (Å²) < 4.78 is 0. The highest BCUT2D eigenvalue weighted by Gasteiger charge is 2.19. The lowest BCUT2D eigenvalue weighted by molar-refractivity contribution is 0.287. The highest BCUT2D eigenvalue weighted by Crippen LogP contribution is 2.33. The zero-order valence-corrected chi connectivity index (χ0v) is 9.39. The highest BCUT2D eigenvalue weighted by atomic mass is 16.2. The van der Waals surface area contributed by atoms with E-state index in [0.717, 1.165) is 18.8 Å². The summed E-state index contributed by atoms with van der Waals surface area (Å²) >= 11 is 0. The molecule has 0 spiro atoms. The molecule has 1 rings (SSSR count). The molecule has 1 saturated carbocycles. The molecule has 1 aliphatic carbocycles. The maximum atomic E-state index is 8.07. The van der Waals surface area contributed by atoms with Crippen molar-refractivity contribution in [2.45, 2.75) is 65.2 Å². The van der Waals surface area contributed by atoms with Gasteiger partial charge in [0.1, 0.15) is 0 Å². The van der Waals surface area contributed by atoms with Crippen molar-refractivity contribution < 1.29 is 5.11 Å². The first-order valence-corrected chi connectivity index (χ1v) is 5.96. The predicted octanol–water partition coefficient (Wildman–Crippen LogP) is 3.76. The molecule has 0 unspecified atom stereocenters. The number of unbranched alkanes of at least 4 members (excludes halogenated alkanes) is 3. The summed E-state index contributed by atoms with van der Waals surface area (Å²) in [5.74, 6) is 1.15. The van der Waals surface area contributed by atoms with Crippen molar-refractivity contribution in [2.75, 3.05) is 6.61 Å². The standard InChI is InChI=1S/C8H16.C4H10O/c1-2-3-4-5-8-6-7-8;1-2-3-4-5/h8H,2-7H2,1H3;5H,2-4H2,1H3. The number of hydrogen-bond donors (Lipinski definition) is 1. The molecule has 0 heterocycles. The Morgan fingerprint density at radius 3 is 1.92 bits per heavy atom. The molecule has 0 aliphatic heterocycles. The first-order chi connectivity index (χ1) is 6.35. The molecule has 0 aromatic heterocycles. The van der Waals surface area contributed by atoms with Gasteiger partial charge in [-0.3, -0.25) is 0 Å². The van der Waals surface area contributed by atoms with E-state index in [1.165, 1.54) is 38.5 Å². The first kappa shape index (κ1) is 13.0. The van der Waals surface area contributed by atoms with Gasteiger partial charge in [-0.1, -0.05) is 58.8 Å². The minimum atomic E-state index is 0.344. The second kappa shape index (κ2) is 10.0. The number of hydrogen-bond acceptors (Lipinski definition) is 1. The molecule has 0 aromatic rings. The Hall–Kier alpha value is -0.0400. The van der Waals surface area contributed by atoms with E-state index in [-0.39, 0.29) is 0 Å². The van der Waals surface area contributed by atoms with Crippen molar-refractivity contribution in [1.82, 2.24) is 0 Å². The van der Waals surface area contributed by atoms with Gasteiger partial charge in [-0.05, 0) is 12.3 Å². The fourth-order valence-electron chi connectivity index (χ4n) is 1.25. The molecule has 0 aromatic carbocycles. The monoisotopic (exact) mass is 186 g/mol. The van der Waals surface area contributed by atoms with E-state index in [1.807, 2.05) is 0 Å². The van der Waals surface area contributed by atoms with Crippen LogP contribution in [-0.4, -0.2) is 11.7 Å². The third-order valence-electron chi connectivity index (χ3n) is 2.42. The summed E-state index contributed by atoms with van der Waals surface area (Å²) in [5.41, 5.74) is 0. The average Bonchev–Trinajstić information content (AvgIpc) is 2.91. The predicted molar refractivity (Wildman–Crippen MR) is 58.9 cm³/mol. The van der Waals surface area contributed by atoms with Gasteiger partial charge >= 0.3 is 0 Å². The van der Waals surface area contributed by atoms with Crippen molar-refractivity contribution in [3.8, 4) is 0 Å². The summed E-state index contributed by atoms with van der Waals surface area (Å²) in [7, 11) is 0. The molecule has 1 fully saturated rings. The first-order valence-electron chi connectivity index (χ1n) is 5.96. The second-order valence-corrected chi connectivity index (χ2v) is 4.02. The van der Waals surface area contributed by atoms with Gasteiger partial charge < -0.3 is 5.11 Å². The van der Waals surface area contributed by atoms with Crippen LogP contribution >= 0.6 is 0 Å². The lowest BCUT2D eigenvalue weighted by Crippen LogP contribution is -1.75. The highest BCUT2D eigenvalue weighted by molar-refractivity contribution is 4.72. The summed E-state index contributed by atoms with van der Waals surface area (Å²) in [6, 6.07) is 0. The van der Waals surface area contributed by atoms with Crippen molar-refractivity contribution in [3.05, 3.63) is 0 Å². The molecular formula is C12H26O. The van der Waals surface area contributed by atoms with E-state index in [0.29, 0.717) is 6.61 Å². The maximum absolute atomic E-state index is 8.07. The maximum Gasteiger partial charge on any atom is 0.0430 e. The minimum absolute atomic E-state index is 0.344. The van der Waals surface area contributed by atoms with Gasteiger partial charge in [0.25, 0.3) is 0 Å². The Morgan fingerprint density at radius 1 is 1.00 bits per heavy atom. The van der Waals surface area contributed by atoms with Crippen LogP contribution in [0, 0.1) is 5.92 Å². The lowest BCUT2D eigenvalue weighted by atomic mass is 10.1. The molecule has 80 valence electrons.